The van der Waals surface area contributed by atoms with Gasteiger partial charge in [0.25, 0.3) is 0 Å². The van der Waals surface area contributed by atoms with Crippen molar-refractivity contribution in [3.63, 3.8) is 0 Å². The topological polar surface area (TPSA) is 38.1 Å². The molecule has 1 saturated heterocycles. The highest BCUT2D eigenvalue weighted by atomic mass is 28.3. The van der Waals surface area contributed by atoms with E-state index in [2.05, 4.69) is 100 Å². The lowest BCUT2D eigenvalue weighted by molar-refractivity contribution is 0.0836. The molecule has 35 heavy (non-hydrogen) atoms. The van der Waals surface area contributed by atoms with Gasteiger partial charge in [0, 0.05) is 29.6 Å². The molecule has 0 amide bonds. The van der Waals surface area contributed by atoms with Crippen LogP contribution < -0.4 is 0 Å². The first-order valence-corrected chi connectivity index (χ1v) is 15.6. The Morgan fingerprint density at radius 3 is 2.14 bits per heavy atom. The summed E-state index contributed by atoms with van der Waals surface area (Å²) in [6, 6.07) is 12.8. The fraction of sp³-hybridized carbons (Fsp3) is 0.533. The molecular formula is C30H43N3OSi. The number of pyridine rings is 1. The Morgan fingerprint density at radius 1 is 0.971 bits per heavy atom. The van der Waals surface area contributed by atoms with Gasteiger partial charge in [-0.15, -0.1) is 0 Å². The number of fused-ring (bicyclic) bond motifs is 1. The Labute approximate surface area is 212 Å². The van der Waals surface area contributed by atoms with Crippen molar-refractivity contribution in [3.05, 3.63) is 65.5 Å². The Kier molecular flexibility index (Phi) is 7.67. The van der Waals surface area contributed by atoms with E-state index >= 15 is 0 Å². The van der Waals surface area contributed by atoms with Gasteiger partial charge in [0.2, 0.25) is 0 Å². The molecule has 4 nitrogen and oxygen atoms in total. The van der Waals surface area contributed by atoms with Gasteiger partial charge < -0.3 is 4.23 Å². The molecule has 1 aromatic carbocycles. The fourth-order valence-electron chi connectivity index (χ4n) is 7.06. The number of aromatic nitrogens is 2. The zero-order valence-electron chi connectivity index (χ0n) is 22.7. The molecule has 0 atom stereocenters. The Bertz CT molecular complexity index is 1140. The zero-order chi connectivity index (χ0) is 25.3. The summed E-state index contributed by atoms with van der Waals surface area (Å²) < 4.78 is 2.53. The molecule has 0 radical (unpaired) electrons. The second kappa shape index (κ2) is 10.4. The summed E-state index contributed by atoms with van der Waals surface area (Å²) in [6.45, 7) is 19.2. The third-order valence-electron chi connectivity index (χ3n) is 8.55. The number of likely N-dealkylation sites (tertiary alicyclic amines) is 1. The van der Waals surface area contributed by atoms with Gasteiger partial charge >= 0.3 is 0 Å². The summed E-state index contributed by atoms with van der Waals surface area (Å²) >= 11 is 0. The van der Waals surface area contributed by atoms with Crippen molar-refractivity contribution in [2.45, 2.75) is 84.5 Å². The molecule has 1 aliphatic rings. The third kappa shape index (κ3) is 4.65. The van der Waals surface area contributed by atoms with Crippen LogP contribution in [0.5, 0.6) is 0 Å². The van der Waals surface area contributed by atoms with Crippen LogP contribution in [0.3, 0.4) is 0 Å². The van der Waals surface area contributed by atoms with E-state index in [0.717, 1.165) is 54.6 Å². The predicted octanol–water partition coefficient (Wildman–Crippen LogP) is 7.46. The molecular weight excluding hydrogens is 446 g/mol. The molecule has 3 aromatic rings. The lowest BCUT2D eigenvalue weighted by Crippen LogP contribution is -2.51. The molecule has 5 heteroatoms. The number of hydrogen-bond acceptors (Lipinski definition) is 3. The number of nitrogens with zero attached hydrogens (tertiary/aromatic N) is 3. The number of hydrogen-bond donors (Lipinski definition) is 0. The van der Waals surface area contributed by atoms with E-state index in [1.165, 1.54) is 5.56 Å². The molecule has 2 aromatic heterocycles. The maximum absolute atomic E-state index is 13.9. The second-order valence-electron chi connectivity index (χ2n) is 11.5. The number of piperidine rings is 1. The number of aryl methyl sites for hydroxylation is 1. The number of ketones is 1. The zero-order valence-corrected chi connectivity index (χ0v) is 23.7. The highest BCUT2D eigenvalue weighted by Gasteiger charge is 2.46. The van der Waals surface area contributed by atoms with Crippen molar-refractivity contribution in [3.8, 4) is 0 Å². The van der Waals surface area contributed by atoms with Gasteiger partial charge in [0.15, 0.2) is 14.0 Å². The van der Waals surface area contributed by atoms with E-state index in [-0.39, 0.29) is 5.92 Å². The van der Waals surface area contributed by atoms with E-state index in [1.54, 1.807) is 0 Å². The van der Waals surface area contributed by atoms with Crippen LogP contribution in [0.1, 0.15) is 75.9 Å². The molecule has 0 spiro atoms. The fourth-order valence-corrected chi connectivity index (χ4v) is 13.6. The van der Waals surface area contributed by atoms with Gasteiger partial charge in [-0.1, -0.05) is 71.9 Å². The average molecular weight is 490 g/mol. The Hall–Kier alpha value is -2.24. The number of carbonyl (C=O) groups is 1. The van der Waals surface area contributed by atoms with Crippen LogP contribution in [0, 0.1) is 12.8 Å². The van der Waals surface area contributed by atoms with E-state index in [0.29, 0.717) is 22.4 Å². The van der Waals surface area contributed by atoms with Crippen molar-refractivity contribution in [2.75, 3.05) is 13.1 Å². The molecule has 0 N–H and O–H groups in total. The third-order valence-corrected chi connectivity index (χ3v) is 15.3. The maximum Gasteiger partial charge on any atom is 0.171 e. The monoisotopic (exact) mass is 489 g/mol. The van der Waals surface area contributed by atoms with E-state index in [1.807, 2.05) is 6.20 Å². The maximum atomic E-state index is 13.9. The first-order valence-electron chi connectivity index (χ1n) is 13.5. The second-order valence-corrected chi connectivity index (χ2v) is 17.2. The van der Waals surface area contributed by atoms with E-state index in [9.17, 15) is 4.79 Å². The minimum atomic E-state index is -1.94. The van der Waals surface area contributed by atoms with Crippen molar-refractivity contribution in [1.82, 2.24) is 14.1 Å². The minimum Gasteiger partial charge on any atom is -0.359 e. The van der Waals surface area contributed by atoms with Crippen LogP contribution in [0.2, 0.25) is 16.6 Å². The van der Waals surface area contributed by atoms with Crippen molar-refractivity contribution >= 4 is 25.1 Å². The summed E-state index contributed by atoms with van der Waals surface area (Å²) in [4.78, 5) is 21.3. The first-order chi connectivity index (χ1) is 16.7. The number of carbonyl (C=O) groups excluding carboxylic acids is 1. The van der Waals surface area contributed by atoms with Crippen LogP contribution >= 0.6 is 0 Å². The SMILES string of the molecule is Cc1cnc2c(ccn2[Si](C(C)C)(C(C)C)C(C)C)c1C(=O)C1CCN(Cc2ccccc2)CC1. The number of rotatable bonds is 8. The number of Topliss-reactive ketones (excluding diaryl/α,β-unsaturated/α-hetero) is 1. The summed E-state index contributed by atoms with van der Waals surface area (Å²) in [6.07, 6.45) is 6.05. The van der Waals surface area contributed by atoms with Gasteiger partial charge in [0.1, 0.15) is 5.65 Å². The number of benzene rings is 1. The van der Waals surface area contributed by atoms with Crippen LogP contribution in [0.4, 0.5) is 0 Å². The van der Waals surface area contributed by atoms with Crippen molar-refractivity contribution < 1.29 is 4.79 Å². The van der Waals surface area contributed by atoms with Crippen LogP contribution in [0.25, 0.3) is 11.0 Å². The largest absolute Gasteiger partial charge is 0.359 e. The highest BCUT2D eigenvalue weighted by molar-refractivity contribution is 6.82. The summed E-state index contributed by atoms with van der Waals surface area (Å²) in [7, 11) is -1.94. The average Bonchev–Trinajstić information content (AvgIpc) is 3.23. The minimum absolute atomic E-state index is 0.0944. The molecule has 0 unspecified atom stereocenters. The quantitative estimate of drug-likeness (QED) is 0.243. The van der Waals surface area contributed by atoms with E-state index in [4.69, 9.17) is 4.98 Å². The lowest BCUT2D eigenvalue weighted by Gasteiger charge is -2.44. The molecule has 0 aliphatic carbocycles. The van der Waals surface area contributed by atoms with Crippen LogP contribution in [-0.4, -0.2) is 41.2 Å². The Morgan fingerprint density at radius 2 is 1.57 bits per heavy atom. The van der Waals surface area contributed by atoms with Gasteiger partial charge in [-0.05, 0) is 72.9 Å². The lowest BCUT2D eigenvalue weighted by atomic mass is 9.86. The molecule has 4 rings (SSSR count). The van der Waals surface area contributed by atoms with Gasteiger partial charge in [-0.2, -0.15) is 0 Å². The van der Waals surface area contributed by atoms with Crippen molar-refractivity contribution in [2.24, 2.45) is 5.92 Å². The van der Waals surface area contributed by atoms with Crippen molar-refractivity contribution in [1.29, 1.82) is 0 Å². The predicted molar refractivity (Wildman–Crippen MR) is 150 cm³/mol. The van der Waals surface area contributed by atoms with Gasteiger partial charge in [0.05, 0.1) is 0 Å². The molecule has 188 valence electrons. The molecule has 1 fully saturated rings. The van der Waals surface area contributed by atoms with Gasteiger partial charge in [-0.3, -0.25) is 9.69 Å². The summed E-state index contributed by atoms with van der Waals surface area (Å²) in [5.41, 5.74) is 6.02. The normalized spacial score (nSPS) is 16.2. The summed E-state index contributed by atoms with van der Waals surface area (Å²) in [5, 5.41) is 1.06. The van der Waals surface area contributed by atoms with E-state index < -0.39 is 8.24 Å². The van der Waals surface area contributed by atoms with Gasteiger partial charge in [-0.25, -0.2) is 4.98 Å². The smallest absolute Gasteiger partial charge is 0.171 e. The molecule has 1 aliphatic heterocycles. The highest BCUT2D eigenvalue weighted by Crippen LogP contribution is 2.44. The Balaban J connectivity index is 1.62. The molecule has 0 bridgehead atoms. The van der Waals surface area contributed by atoms with Crippen LogP contribution in [-0.2, 0) is 6.54 Å². The molecule has 3 heterocycles. The van der Waals surface area contributed by atoms with Crippen LogP contribution in [0.15, 0.2) is 48.8 Å². The standard InChI is InChI=1S/C30H43N3OSi/c1-21(2)35(22(3)4,23(5)6)33-18-15-27-28(24(7)19-31-30(27)33)29(34)26-13-16-32(17-14-26)20-25-11-9-8-10-12-25/h8-12,15,18-19,21-23,26H,13-14,16-17,20H2,1-7H3. The summed E-state index contributed by atoms with van der Waals surface area (Å²) in [5.74, 6) is 0.412. The first kappa shape index (κ1) is 25.8. The molecule has 0 saturated carbocycles.